The van der Waals surface area contributed by atoms with E-state index in [1.807, 2.05) is 18.2 Å². The first-order valence-electron chi connectivity index (χ1n) is 16.1. The molecule has 2 aliphatic rings. The topological polar surface area (TPSA) is 93.7 Å². The van der Waals surface area contributed by atoms with E-state index in [0.717, 1.165) is 100 Å². The highest BCUT2D eigenvalue weighted by Crippen LogP contribution is 2.25. The number of hydrogen-bond donors (Lipinski definition) is 2. The number of benzene rings is 1. The summed E-state index contributed by atoms with van der Waals surface area (Å²) in [5.74, 6) is 0.413. The van der Waals surface area contributed by atoms with Crippen molar-refractivity contribution in [2.24, 2.45) is 5.92 Å². The molecule has 3 rings (SSSR count). The quantitative estimate of drug-likeness (QED) is 0.276. The van der Waals surface area contributed by atoms with Crippen LogP contribution in [0.5, 0.6) is 5.75 Å². The molecule has 2 atom stereocenters. The third-order valence-corrected chi connectivity index (χ3v) is 8.33. The molecule has 7 heteroatoms. The van der Waals surface area contributed by atoms with Crippen molar-refractivity contribution in [1.29, 1.82) is 0 Å². The van der Waals surface area contributed by atoms with Crippen molar-refractivity contribution in [1.82, 2.24) is 5.32 Å². The fourth-order valence-corrected chi connectivity index (χ4v) is 5.71. The third kappa shape index (κ3) is 12.4. The number of fused-ring (bicyclic) bond motifs is 2. The first-order chi connectivity index (χ1) is 20.3. The lowest BCUT2D eigenvalue weighted by Crippen LogP contribution is -2.43. The predicted octanol–water partition coefficient (Wildman–Crippen LogP) is 7.59. The number of ether oxygens (including phenoxy) is 2. The third-order valence-electron chi connectivity index (χ3n) is 8.33. The van der Waals surface area contributed by atoms with E-state index in [4.69, 9.17) is 9.47 Å². The number of nitrogens with one attached hydrogen (secondary N) is 2. The predicted molar refractivity (Wildman–Crippen MR) is 168 cm³/mol. The maximum atomic E-state index is 13.0. The number of allylic oxidation sites excluding steroid dienone is 3. The zero-order valence-corrected chi connectivity index (χ0v) is 26.1. The Bertz CT molecular complexity index is 1070. The van der Waals surface area contributed by atoms with Gasteiger partial charge < -0.3 is 20.1 Å². The van der Waals surface area contributed by atoms with Gasteiger partial charge in [0.15, 0.2) is 0 Å². The molecule has 0 spiro atoms. The van der Waals surface area contributed by atoms with Gasteiger partial charge in [-0.3, -0.25) is 9.59 Å². The molecule has 232 valence electrons. The maximum Gasteiger partial charge on any atom is 0.328 e. The number of carbonyl (C=O) groups excluding carboxylic acids is 3. The van der Waals surface area contributed by atoms with Crippen molar-refractivity contribution in [2.75, 3.05) is 12.4 Å². The number of hydrogen-bond acceptors (Lipinski definition) is 5. The Morgan fingerprint density at radius 3 is 2.45 bits per heavy atom. The summed E-state index contributed by atoms with van der Waals surface area (Å²) in [6.07, 6.45) is 20.9. The standard InChI is InChI=1S/C35H52N2O5/c1-26-15-14-16-28-23-30(25-32(24-28)41-3)37-33(38)20-13-8-6-4-5-7-12-19-31(22-21-26)42-35(40)27(2)36-34(39)29-17-10-9-11-18-29/h7,12,15,23-25,27,29,31H,4-6,8-11,13-14,16-22H2,1-3H3,(H,36,39)(H,37,38)/b12-7?,26-15+/t27-,31+/m1/s1. The molecule has 42 heavy (non-hydrogen) atoms. The molecule has 1 aliphatic carbocycles. The fourth-order valence-electron chi connectivity index (χ4n) is 5.71. The summed E-state index contributed by atoms with van der Waals surface area (Å²) in [5, 5.41) is 5.95. The van der Waals surface area contributed by atoms with Gasteiger partial charge in [0, 0.05) is 30.5 Å². The van der Waals surface area contributed by atoms with E-state index in [9.17, 15) is 14.4 Å². The van der Waals surface area contributed by atoms with E-state index >= 15 is 0 Å². The molecule has 0 saturated heterocycles. The Labute approximate surface area is 252 Å². The average Bonchev–Trinajstić information content (AvgIpc) is 2.98. The Balaban J connectivity index is 1.62. The Morgan fingerprint density at radius 2 is 1.67 bits per heavy atom. The number of anilines is 1. The van der Waals surface area contributed by atoms with Crippen molar-refractivity contribution in [2.45, 2.75) is 129 Å². The van der Waals surface area contributed by atoms with Crippen LogP contribution in [-0.4, -0.2) is 37.0 Å². The van der Waals surface area contributed by atoms with Crippen LogP contribution in [0, 0.1) is 5.92 Å². The SMILES string of the molecule is COc1cc2cc(c1)NC(=O)CCCCCCC=CC[C@H](OC(=O)[C@@H](C)NC(=O)C1CCCCC1)CC/C(C)=C/CC2. The molecule has 1 aromatic rings. The maximum absolute atomic E-state index is 13.0. The molecule has 0 unspecified atom stereocenters. The van der Waals surface area contributed by atoms with Gasteiger partial charge in [-0.05, 0) is 89.3 Å². The summed E-state index contributed by atoms with van der Waals surface area (Å²) in [6.45, 7) is 3.85. The van der Waals surface area contributed by atoms with Crippen LogP contribution in [0.1, 0.15) is 116 Å². The molecule has 0 radical (unpaired) electrons. The second-order valence-corrected chi connectivity index (χ2v) is 12.0. The van der Waals surface area contributed by atoms with Crippen LogP contribution >= 0.6 is 0 Å². The number of esters is 1. The molecule has 1 aliphatic heterocycles. The minimum Gasteiger partial charge on any atom is -0.497 e. The summed E-state index contributed by atoms with van der Waals surface area (Å²) in [7, 11) is 1.64. The Hall–Kier alpha value is -3.09. The molecule has 1 saturated carbocycles. The largest absolute Gasteiger partial charge is 0.497 e. The Morgan fingerprint density at radius 1 is 0.905 bits per heavy atom. The van der Waals surface area contributed by atoms with Crippen LogP contribution in [0.3, 0.4) is 0 Å². The van der Waals surface area contributed by atoms with Crippen LogP contribution in [0.2, 0.25) is 0 Å². The molecule has 1 fully saturated rings. The second kappa shape index (κ2) is 18.4. The zero-order chi connectivity index (χ0) is 30.2. The van der Waals surface area contributed by atoms with Gasteiger partial charge in [0.1, 0.15) is 17.9 Å². The summed E-state index contributed by atoms with van der Waals surface area (Å²) in [4.78, 5) is 38.1. The Kier molecular flexibility index (Phi) is 14.7. The van der Waals surface area contributed by atoms with E-state index in [0.29, 0.717) is 12.8 Å². The van der Waals surface area contributed by atoms with Gasteiger partial charge >= 0.3 is 5.97 Å². The first-order valence-corrected chi connectivity index (χ1v) is 16.1. The van der Waals surface area contributed by atoms with Crippen molar-refractivity contribution >= 4 is 23.5 Å². The normalized spacial score (nSPS) is 22.4. The van der Waals surface area contributed by atoms with Crippen LogP contribution in [0.4, 0.5) is 5.69 Å². The minimum atomic E-state index is -0.653. The molecule has 1 heterocycles. The van der Waals surface area contributed by atoms with Crippen molar-refractivity contribution in [3.05, 3.63) is 47.6 Å². The molecule has 2 N–H and O–H groups in total. The lowest BCUT2D eigenvalue weighted by Gasteiger charge is -2.24. The average molecular weight is 581 g/mol. The number of carbonyl (C=O) groups is 3. The van der Waals surface area contributed by atoms with Crippen LogP contribution in [-0.2, 0) is 25.5 Å². The van der Waals surface area contributed by atoms with Gasteiger partial charge in [0.2, 0.25) is 11.8 Å². The van der Waals surface area contributed by atoms with Crippen molar-refractivity contribution < 1.29 is 23.9 Å². The van der Waals surface area contributed by atoms with Crippen LogP contribution < -0.4 is 15.4 Å². The van der Waals surface area contributed by atoms with Gasteiger partial charge in [-0.2, -0.15) is 0 Å². The lowest BCUT2D eigenvalue weighted by atomic mass is 9.88. The van der Waals surface area contributed by atoms with E-state index in [1.54, 1.807) is 14.0 Å². The van der Waals surface area contributed by atoms with Crippen LogP contribution in [0.15, 0.2) is 42.0 Å². The molecule has 1 aromatic carbocycles. The van der Waals surface area contributed by atoms with Gasteiger partial charge in [0.05, 0.1) is 7.11 Å². The fraction of sp³-hybridized carbons (Fsp3) is 0.629. The van der Waals surface area contributed by atoms with Gasteiger partial charge in [-0.15, -0.1) is 0 Å². The molecule has 2 bridgehead atoms. The smallest absolute Gasteiger partial charge is 0.328 e. The van der Waals surface area contributed by atoms with Crippen LogP contribution in [0.25, 0.3) is 0 Å². The van der Waals surface area contributed by atoms with E-state index in [1.165, 1.54) is 12.0 Å². The molecular weight excluding hydrogens is 528 g/mol. The molecule has 7 nitrogen and oxygen atoms in total. The number of aryl methyl sites for hydroxylation is 1. The number of amides is 2. The number of rotatable bonds is 5. The van der Waals surface area contributed by atoms with Gasteiger partial charge in [-0.1, -0.05) is 55.9 Å². The summed E-state index contributed by atoms with van der Waals surface area (Å²) in [6, 6.07) is 5.26. The van der Waals surface area contributed by atoms with E-state index < -0.39 is 6.04 Å². The van der Waals surface area contributed by atoms with E-state index in [2.05, 4.69) is 35.8 Å². The number of methoxy groups -OCH3 is 1. The second-order valence-electron chi connectivity index (χ2n) is 12.0. The monoisotopic (exact) mass is 580 g/mol. The summed E-state index contributed by atoms with van der Waals surface area (Å²) < 4.78 is 11.4. The van der Waals surface area contributed by atoms with Crippen molar-refractivity contribution in [3.8, 4) is 5.75 Å². The highest BCUT2D eigenvalue weighted by molar-refractivity contribution is 5.91. The van der Waals surface area contributed by atoms with Gasteiger partial charge in [-0.25, -0.2) is 4.79 Å². The molecule has 0 aromatic heterocycles. The summed E-state index contributed by atoms with van der Waals surface area (Å²) >= 11 is 0. The highest BCUT2D eigenvalue weighted by Gasteiger charge is 2.26. The zero-order valence-electron chi connectivity index (χ0n) is 26.1. The van der Waals surface area contributed by atoms with Crippen molar-refractivity contribution in [3.63, 3.8) is 0 Å². The van der Waals surface area contributed by atoms with E-state index in [-0.39, 0.29) is 29.8 Å². The highest BCUT2D eigenvalue weighted by atomic mass is 16.5. The summed E-state index contributed by atoms with van der Waals surface area (Å²) in [5.41, 5.74) is 3.14. The van der Waals surface area contributed by atoms with Gasteiger partial charge in [0.25, 0.3) is 0 Å². The minimum absolute atomic E-state index is 0.0132. The molecular formula is C35H52N2O5. The lowest BCUT2D eigenvalue weighted by molar-refractivity contribution is -0.153. The molecule has 2 amide bonds. The first kappa shape index (κ1) is 33.4.